The number of alkyl halides is 6. The maximum atomic E-state index is 13.0. The largest absolute Gasteiger partial charge is 0.404 e. The molecule has 1 saturated heterocycles. The molecule has 11 heteroatoms. The zero-order chi connectivity index (χ0) is 17.6. The number of aromatic nitrogens is 1. The molecule has 0 amide bonds. The van der Waals surface area contributed by atoms with Crippen LogP contribution in [0.2, 0.25) is 0 Å². The van der Waals surface area contributed by atoms with Crippen molar-refractivity contribution in [2.75, 3.05) is 18.0 Å². The molecular weight excluding hydrogens is 332 g/mol. The normalized spacial score (nSPS) is 18.3. The van der Waals surface area contributed by atoms with Crippen LogP contribution in [0.1, 0.15) is 12.0 Å². The summed E-state index contributed by atoms with van der Waals surface area (Å²) in [6, 6.07) is 1.11. The van der Waals surface area contributed by atoms with E-state index in [0.29, 0.717) is 0 Å². The van der Waals surface area contributed by atoms with Gasteiger partial charge in [-0.3, -0.25) is 10.1 Å². The topological polar surface area (TPSA) is 59.3 Å². The van der Waals surface area contributed by atoms with E-state index in [2.05, 4.69) is 4.98 Å². The standard InChI is InChI=1S/C12H11F6N3O2/c1-7-4-9(19-5-8(7)21(22)23)20-3-2-10(6-20,11(13,14)15)12(16,17)18/h4-5H,2-3,6H2,1H3. The van der Waals surface area contributed by atoms with Crippen LogP contribution in [0.25, 0.3) is 0 Å². The SMILES string of the molecule is Cc1cc(N2CCC(C(F)(F)F)(C(F)(F)F)C2)ncc1[N+](=O)[O-]. The highest BCUT2D eigenvalue weighted by molar-refractivity contribution is 5.49. The Labute approximate surface area is 126 Å². The van der Waals surface area contributed by atoms with Gasteiger partial charge < -0.3 is 4.90 Å². The number of rotatable bonds is 2. The van der Waals surface area contributed by atoms with Gasteiger partial charge in [-0.15, -0.1) is 0 Å². The third kappa shape index (κ3) is 2.79. The number of pyridine rings is 1. The molecule has 0 aliphatic carbocycles. The quantitative estimate of drug-likeness (QED) is 0.468. The Morgan fingerprint density at radius 3 is 2.22 bits per heavy atom. The van der Waals surface area contributed by atoms with Crippen molar-refractivity contribution >= 4 is 11.5 Å². The smallest absolute Gasteiger partial charge is 0.355 e. The van der Waals surface area contributed by atoms with Gasteiger partial charge in [-0.25, -0.2) is 4.98 Å². The minimum Gasteiger partial charge on any atom is -0.355 e. The molecule has 1 aliphatic rings. The molecule has 0 aromatic carbocycles. The van der Waals surface area contributed by atoms with Crippen LogP contribution in [-0.2, 0) is 0 Å². The molecule has 5 nitrogen and oxygen atoms in total. The van der Waals surface area contributed by atoms with Crippen LogP contribution in [0.5, 0.6) is 0 Å². The molecule has 0 atom stereocenters. The number of aryl methyl sites for hydroxylation is 1. The second-order valence-electron chi connectivity index (χ2n) is 5.34. The number of halogens is 6. The molecule has 0 spiro atoms. The molecule has 1 fully saturated rings. The van der Waals surface area contributed by atoms with Crippen molar-refractivity contribution in [2.45, 2.75) is 25.7 Å². The van der Waals surface area contributed by atoms with Gasteiger partial charge in [0.1, 0.15) is 12.0 Å². The van der Waals surface area contributed by atoms with Crippen LogP contribution in [0.3, 0.4) is 0 Å². The Hall–Kier alpha value is -2.07. The van der Waals surface area contributed by atoms with Crippen LogP contribution < -0.4 is 4.90 Å². The van der Waals surface area contributed by atoms with Crippen molar-refractivity contribution in [1.29, 1.82) is 0 Å². The maximum Gasteiger partial charge on any atom is 0.404 e. The second kappa shape index (κ2) is 5.24. The first-order valence-electron chi connectivity index (χ1n) is 6.38. The molecule has 1 aromatic rings. The van der Waals surface area contributed by atoms with E-state index in [-0.39, 0.29) is 17.1 Å². The average Bonchev–Trinajstić information content (AvgIpc) is 2.83. The number of hydrogen-bond acceptors (Lipinski definition) is 4. The summed E-state index contributed by atoms with van der Waals surface area (Å²) in [4.78, 5) is 14.4. The van der Waals surface area contributed by atoms with Crippen molar-refractivity contribution in [1.82, 2.24) is 4.98 Å². The Morgan fingerprint density at radius 2 is 1.83 bits per heavy atom. The summed E-state index contributed by atoms with van der Waals surface area (Å²) in [6.45, 7) is -0.478. The Bertz CT molecular complexity index is 614. The minimum absolute atomic E-state index is 0.108. The van der Waals surface area contributed by atoms with Gasteiger partial charge in [-0.05, 0) is 19.4 Å². The zero-order valence-corrected chi connectivity index (χ0v) is 11.7. The van der Waals surface area contributed by atoms with E-state index in [9.17, 15) is 36.5 Å². The van der Waals surface area contributed by atoms with Gasteiger partial charge in [0.15, 0.2) is 5.41 Å². The first-order valence-corrected chi connectivity index (χ1v) is 6.38. The molecule has 0 saturated carbocycles. The third-order valence-electron chi connectivity index (χ3n) is 3.94. The number of nitro groups is 1. The summed E-state index contributed by atoms with van der Waals surface area (Å²) in [5.74, 6) is -0.150. The van der Waals surface area contributed by atoms with E-state index >= 15 is 0 Å². The van der Waals surface area contributed by atoms with Gasteiger partial charge >= 0.3 is 12.4 Å². The molecule has 1 aliphatic heterocycles. The van der Waals surface area contributed by atoms with Crippen molar-refractivity contribution in [3.63, 3.8) is 0 Å². The molecule has 0 unspecified atom stereocenters. The minimum atomic E-state index is -5.45. The summed E-state index contributed by atoms with van der Waals surface area (Å²) in [5.41, 5.74) is -4.07. The van der Waals surface area contributed by atoms with Crippen molar-refractivity contribution in [3.05, 3.63) is 27.9 Å². The lowest BCUT2D eigenvalue weighted by Gasteiger charge is -2.33. The van der Waals surface area contributed by atoms with E-state index in [1.165, 1.54) is 6.92 Å². The Kier molecular flexibility index (Phi) is 3.94. The summed E-state index contributed by atoms with van der Waals surface area (Å²) in [7, 11) is 0. The van der Waals surface area contributed by atoms with Gasteiger partial charge in [0.25, 0.3) is 5.69 Å². The third-order valence-corrected chi connectivity index (χ3v) is 3.94. The predicted molar refractivity (Wildman–Crippen MR) is 67.0 cm³/mol. The highest BCUT2D eigenvalue weighted by Crippen LogP contribution is 2.55. The molecule has 0 radical (unpaired) electrons. The first kappa shape index (κ1) is 17.3. The van der Waals surface area contributed by atoms with E-state index in [4.69, 9.17) is 0 Å². The fraction of sp³-hybridized carbons (Fsp3) is 0.583. The average molecular weight is 343 g/mol. The maximum absolute atomic E-state index is 13.0. The first-order chi connectivity index (χ1) is 10.4. The van der Waals surface area contributed by atoms with E-state index in [0.717, 1.165) is 17.2 Å². The predicted octanol–water partition coefficient (Wildman–Crippen LogP) is 3.62. The highest BCUT2D eigenvalue weighted by Gasteiger charge is 2.72. The van der Waals surface area contributed by atoms with Crippen LogP contribution in [0.15, 0.2) is 12.3 Å². The lowest BCUT2D eigenvalue weighted by atomic mass is 9.85. The molecule has 2 rings (SSSR count). The van der Waals surface area contributed by atoms with Crippen LogP contribution >= 0.6 is 0 Å². The number of anilines is 1. The Morgan fingerprint density at radius 1 is 1.26 bits per heavy atom. The lowest BCUT2D eigenvalue weighted by Crippen LogP contribution is -2.51. The van der Waals surface area contributed by atoms with Gasteiger partial charge in [0.2, 0.25) is 0 Å². The van der Waals surface area contributed by atoms with Gasteiger partial charge in [0, 0.05) is 18.7 Å². The Balaban J connectivity index is 2.35. The summed E-state index contributed by atoms with van der Waals surface area (Å²) in [6.07, 6.45) is -11.2. The summed E-state index contributed by atoms with van der Waals surface area (Å²) < 4.78 is 78.0. The fourth-order valence-electron chi connectivity index (χ4n) is 2.53. The van der Waals surface area contributed by atoms with Gasteiger partial charge in [-0.2, -0.15) is 26.3 Å². The molecular formula is C12H11F6N3O2. The highest BCUT2D eigenvalue weighted by atomic mass is 19.4. The molecule has 0 N–H and O–H groups in total. The molecule has 2 heterocycles. The van der Waals surface area contributed by atoms with Gasteiger partial charge in [0.05, 0.1) is 4.92 Å². The number of nitrogens with zero attached hydrogens (tertiary/aromatic N) is 3. The van der Waals surface area contributed by atoms with Crippen LogP contribution in [-0.4, -0.2) is 35.3 Å². The van der Waals surface area contributed by atoms with E-state index in [1.807, 2.05) is 0 Å². The van der Waals surface area contributed by atoms with Crippen molar-refractivity contribution in [3.8, 4) is 0 Å². The van der Waals surface area contributed by atoms with Crippen molar-refractivity contribution in [2.24, 2.45) is 5.41 Å². The zero-order valence-electron chi connectivity index (χ0n) is 11.7. The fourth-order valence-corrected chi connectivity index (χ4v) is 2.53. The van der Waals surface area contributed by atoms with Crippen molar-refractivity contribution < 1.29 is 31.3 Å². The van der Waals surface area contributed by atoms with Crippen LogP contribution in [0, 0.1) is 22.5 Å². The van der Waals surface area contributed by atoms with E-state index in [1.54, 1.807) is 0 Å². The van der Waals surface area contributed by atoms with Crippen LogP contribution in [0.4, 0.5) is 37.8 Å². The van der Waals surface area contributed by atoms with E-state index < -0.39 is 42.2 Å². The molecule has 0 bridgehead atoms. The lowest BCUT2D eigenvalue weighted by molar-refractivity contribution is -0.385. The second-order valence-corrected chi connectivity index (χ2v) is 5.34. The number of hydrogen-bond donors (Lipinski definition) is 0. The molecule has 23 heavy (non-hydrogen) atoms. The van der Waals surface area contributed by atoms with Gasteiger partial charge in [-0.1, -0.05) is 0 Å². The molecule has 128 valence electrons. The summed E-state index contributed by atoms with van der Waals surface area (Å²) >= 11 is 0. The monoisotopic (exact) mass is 343 g/mol. The summed E-state index contributed by atoms with van der Waals surface area (Å²) in [5, 5.41) is 10.7. The molecule has 1 aromatic heterocycles.